The maximum absolute atomic E-state index is 12.3. The van der Waals surface area contributed by atoms with Crippen molar-refractivity contribution in [2.45, 2.75) is 19.9 Å². The second kappa shape index (κ2) is 7.55. The van der Waals surface area contributed by atoms with Crippen molar-refractivity contribution in [1.29, 1.82) is 0 Å². The van der Waals surface area contributed by atoms with Crippen LogP contribution in [0.2, 0.25) is 0 Å². The van der Waals surface area contributed by atoms with Gasteiger partial charge in [-0.1, -0.05) is 48.5 Å². The van der Waals surface area contributed by atoms with Crippen LogP contribution in [0, 0.1) is 6.92 Å². The summed E-state index contributed by atoms with van der Waals surface area (Å²) in [5, 5.41) is 3.03. The molecule has 24 heavy (non-hydrogen) atoms. The van der Waals surface area contributed by atoms with Gasteiger partial charge in [-0.15, -0.1) is 0 Å². The number of carbonyl (C=O) groups is 1. The van der Waals surface area contributed by atoms with E-state index in [0.29, 0.717) is 6.54 Å². The fourth-order valence-electron chi connectivity index (χ4n) is 2.61. The maximum atomic E-state index is 12.3. The number of amides is 1. The van der Waals surface area contributed by atoms with Crippen LogP contribution >= 0.6 is 0 Å². The zero-order chi connectivity index (χ0) is 16.8. The van der Waals surface area contributed by atoms with Crippen LogP contribution in [0.1, 0.15) is 16.7 Å². The lowest BCUT2D eigenvalue weighted by Gasteiger charge is -2.10. The predicted octanol–water partition coefficient (Wildman–Crippen LogP) is 3.51. The molecule has 0 fully saturated rings. The standard InChI is InChI=1S/C21H20N2O/c1-17-11-13-23(14-12-17)16-21(24)22-20-10-6-5-9-19(20)15-18-7-3-2-4-8-18/h2-14H,15-16H2,1H3/p+1. The van der Waals surface area contributed by atoms with Gasteiger partial charge in [0.25, 0.3) is 5.91 Å². The third-order valence-corrected chi connectivity index (χ3v) is 3.91. The molecule has 120 valence electrons. The van der Waals surface area contributed by atoms with Crippen LogP contribution in [0.15, 0.2) is 79.1 Å². The van der Waals surface area contributed by atoms with Crippen LogP contribution in [-0.2, 0) is 17.8 Å². The lowest BCUT2D eigenvalue weighted by Crippen LogP contribution is -2.39. The average Bonchev–Trinajstić information content (AvgIpc) is 2.60. The van der Waals surface area contributed by atoms with E-state index < -0.39 is 0 Å². The van der Waals surface area contributed by atoms with E-state index in [0.717, 1.165) is 17.7 Å². The van der Waals surface area contributed by atoms with E-state index >= 15 is 0 Å². The highest BCUT2D eigenvalue weighted by Gasteiger charge is 2.11. The number of rotatable bonds is 5. The Morgan fingerprint density at radius 1 is 0.917 bits per heavy atom. The molecule has 0 aliphatic heterocycles. The van der Waals surface area contributed by atoms with Crippen molar-refractivity contribution in [1.82, 2.24) is 0 Å². The van der Waals surface area contributed by atoms with Gasteiger partial charge >= 0.3 is 0 Å². The molecule has 3 aromatic rings. The molecule has 1 heterocycles. The Kier molecular flexibility index (Phi) is 5.02. The second-order valence-corrected chi connectivity index (χ2v) is 5.92. The van der Waals surface area contributed by atoms with Gasteiger partial charge in [0.1, 0.15) is 0 Å². The SMILES string of the molecule is Cc1cc[n+](CC(=O)Nc2ccccc2Cc2ccccc2)cc1. The highest BCUT2D eigenvalue weighted by molar-refractivity contribution is 5.90. The van der Waals surface area contributed by atoms with Crippen LogP contribution in [0.4, 0.5) is 5.69 Å². The Bertz CT molecular complexity index is 811. The molecule has 0 bridgehead atoms. The molecule has 0 saturated carbocycles. The van der Waals surface area contributed by atoms with Crippen molar-refractivity contribution < 1.29 is 9.36 Å². The lowest BCUT2D eigenvalue weighted by molar-refractivity contribution is -0.684. The average molecular weight is 317 g/mol. The normalized spacial score (nSPS) is 10.4. The van der Waals surface area contributed by atoms with E-state index in [2.05, 4.69) is 23.5 Å². The maximum Gasteiger partial charge on any atom is 0.290 e. The molecule has 0 unspecified atom stereocenters. The number of pyridine rings is 1. The zero-order valence-electron chi connectivity index (χ0n) is 13.8. The molecule has 0 aliphatic rings. The number of aryl methyl sites for hydroxylation is 1. The number of hydrogen-bond donors (Lipinski definition) is 1. The predicted molar refractivity (Wildman–Crippen MR) is 95.7 cm³/mol. The van der Waals surface area contributed by atoms with Gasteiger partial charge in [0.05, 0.1) is 0 Å². The van der Waals surface area contributed by atoms with Crippen molar-refractivity contribution in [3.8, 4) is 0 Å². The fourth-order valence-corrected chi connectivity index (χ4v) is 2.61. The van der Waals surface area contributed by atoms with E-state index in [1.165, 1.54) is 11.1 Å². The summed E-state index contributed by atoms with van der Waals surface area (Å²) in [5.41, 5.74) is 4.40. The summed E-state index contributed by atoms with van der Waals surface area (Å²) in [6.07, 6.45) is 4.64. The fraction of sp³-hybridized carbons (Fsp3) is 0.143. The largest absolute Gasteiger partial charge is 0.320 e. The minimum atomic E-state index is -0.0237. The molecular formula is C21H21N2O+. The van der Waals surface area contributed by atoms with Crippen LogP contribution < -0.4 is 9.88 Å². The first-order chi connectivity index (χ1) is 11.7. The van der Waals surface area contributed by atoms with Gasteiger partial charge in [0.2, 0.25) is 6.54 Å². The third kappa shape index (κ3) is 4.29. The van der Waals surface area contributed by atoms with Crippen molar-refractivity contribution in [2.75, 3.05) is 5.32 Å². The van der Waals surface area contributed by atoms with Crippen LogP contribution in [0.25, 0.3) is 0 Å². The quantitative estimate of drug-likeness (QED) is 0.718. The molecule has 0 aliphatic carbocycles. The minimum absolute atomic E-state index is 0.0237. The van der Waals surface area contributed by atoms with E-state index in [1.54, 1.807) is 0 Å². The van der Waals surface area contributed by atoms with Crippen molar-refractivity contribution in [3.05, 3.63) is 95.8 Å². The number of carbonyl (C=O) groups excluding carboxylic acids is 1. The Morgan fingerprint density at radius 2 is 1.58 bits per heavy atom. The molecule has 2 aromatic carbocycles. The molecule has 0 saturated heterocycles. The number of nitrogens with one attached hydrogen (secondary N) is 1. The Hall–Kier alpha value is -2.94. The first kappa shape index (κ1) is 15.9. The molecule has 3 rings (SSSR count). The molecule has 3 heteroatoms. The topological polar surface area (TPSA) is 33.0 Å². The summed E-state index contributed by atoms with van der Waals surface area (Å²) in [4.78, 5) is 12.3. The van der Waals surface area contributed by atoms with Crippen LogP contribution in [-0.4, -0.2) is 5.91 Å². The van der Waals surface area contributed by atoms with Gasteiger partial charge in [0, 0.05) is 17.8 Å². The molecule has 1 aromatic heterocycles. The first-order valence-corrected chi connectivity index (χ1v) is 8.08. The van der Waals surface area contributed by atoms with Gasteiger partial charge in [-0.05, 0) is 36.1 Å². The molecular weight excluding hydrogens is 296 g/mol. The zero-order valence-corrected chi connectivity index (χ0v) is 13.8. The highest BCUT2D eigenvalue weighted by atomic mass is 16.1. The van der Waals surface area contributed by atoms with Crippen LogP contribution in [0.5, 0.6) is 0 Å². The number of anilines is 1. The van der Waals surface area contributed by atoms with E-state index in [4.69, 9.17) is 0 Å². The number of hydrogen-bond acceptors (Lipinski definition) is 1. The molecule has 1 N–H and O–H groups in total. The first-order valence-electron chi connectivity index (χ1n) is 8.08. The van der Waals surface area contributed by atoms with Crippen LogP contribution in [0.3, 0.4) is 0 Å². The van der Waals surface area contributed by atoms with Crippen molar-refractivity contribution in [2.24, 2.45) is 0 Å². The minimum Gasteiger partial charge on any atom is -0.320 e. The summed E-state index contributed by atoms with van der Waals surface area (Å²) in [5.74, 6) is -0.0237. The Morgan fingerprint density at radius 3 is 2.33 bits per heavy atom. The summed E-state index contributed by atoms with van der Waals surface area (Å²) in [6.45, 7) is 2.34. The molecule has 0 spiro atoms. The number of benzene rings is 2. The number of para-hydroxylation sites is 1. The van der Waals surface area contributed by atoms with Crippen molar-refractivity contribution >= 4 is 11.6 Å². The molecule has 0 radical (unpaired) electrons. The molecule has 0 atom stereocenters. The van der Waals surface area contributed by atoms with Crippen molar-refractivity contribution in [3.63, 3.8) is 0 Å². The van der Waals surface area contributed by atoms with Gasteiger partial charge in [-0.3, -0.25) is 4.79 Å². The Balaban J connectivity index is 1.70. The van der Waals surface area contributed by atoms with Gasteiger partial charge in [0.15, 0.2) is 12.4 Å². The number of nitrogens with zero attached hydrogens (tertiary/aromatic N) is 1. The second-order valence-electron chi connectivity index (χ2n) is 5.92. The van der Waals surface area contributed by atoms with Gasteiger partial charge in [-0.2, -0.15) is 4.57 Å². The van der Waals surface area contributed by atoms with Gasteiger partial charge in [-0.25, -0.2) is 0 Å². The van der Waals surface area contributed by atoms with E-state index in [-0.39, 0.29) is 5.91 Å². The summed E-state index contributed by atoms with van der Waals surface area (Å²) in [7, 11) is 0. The van der Waals surface area contributed by atoms with E-state index in [9.17, 15) is 4.79 Å². The lowest BCUT2D eigenvalue weighted by atomic mass is 10.0. The van der Waals surface area contributed by atoms with E-state index in [1.807, 2.05) is 72.4 Å². The summed E-state index contributed by atoms with van der Waals surface area (Å²) >= 11 is 0. The summed E-state index contributed by atoms with van der Waals surface area (Å²) in [6, 6.07) is 22.2. The summed E-state index contributed by atoms with van der Waals surface area (Å²) < 4.78 is 1.88. The monoisotopic (exact) mass is 317 g/mol. The molecule has 1 amide bonds. The molecule has 3 nitrogen and oxygen atoms in total. The number of aromatic nitrogens is 1. The highest BCUT2D eigenvalue weighted by Crippen LogP contribution is 2.19. The van der Waals surface area contributed by atoms with Gasteiger partial charge < -0.3 is 5.32 Å². The third-order valence-electron chi connectivity index (χ3n) is 3.91. The smallest absolute Gasteiger partial charge is 0.290 e. The Labute approximate surface area is 142 Å².